The molecule has 0 fully saturated rings. The van der Waals surface area contributed by atoms with Gasteiger partial charge in [0.25, 0.3) is 0 Å². The Labute approximate surface area is 59.6 Å². The molecule has 10 heavy (non-hydrogen) atoms. The van der Waals surface area contributed by atoms with Gasteiger partial charge in [-0.3, -0.25) is 0 Å². The first-order valence-corrected chi connectivity index (χ1v) is 3.04. The number of hydrogen-bond acceptors (Lipinski definition) is 3. The monoisotopic (exact) mass is 135 g/mol. The Morgan fingerprint density at radius 3 is 3.00 bits per heavy atom. The van der Waals surface area contributed by atoms with Crippen LogP contribution in [0.25, 0.3) is 5.70 Å². The molecule has 0 radical (unpaired) electrons. The van der Waals surface area contributed by atoms with Crippen LogP contribution in [0.15, 0.2) is 24.4 Å². The topological polar surface area (TPSA) is 51.8 Å². The smallest absolute Gasteiger partial charge is 0.108 e. The Morgan fingerprint density at radius 2 is 2.50 bits per heavy atom. The molecule has 0 saturated heterocycles. The van der Waals surface area contributed by atoms with Crippen LogP contribution < -0.4 is 5.73 Å². The van der Waals surface area contributed by atoms with Gasteiger partial charge in [0.1, 0.15) is 5.69 Å². The van der Waals surface area contributed by atoms with Crippen molar-refractivity contribution in [2.45, 2.75) is 6.92 Å². The van der Waals surface area contributed by atoms with Crippen LogP contribution in [0.4, 0.5) is 0 Å². The third kappa shape index (κ3) is 1.31. The molecule has 0 bridgehead atoms. The van der Waals surface area contributed by atoms with Crippen molar-refractivity contribution < 1.29 is 0 Å². The highest BCUT2D eigenvalue weighted by atomic mass is 15.1. The summed E-state index contributed by atoms with van der Waals surface area (Å²) in [6.07, 6.45) is 3.41. The van der Waals surface area contributed by atoms with E-state index in [1.54, 1.807) is 18.3 Å². The van der Waals surface area contributed by atoms with Gasteiger partial charge in [0.2, 0.25) is 0 Å². The highest BCUT2D eigenvalue weighted by Crippen LogP contribution is 2.00. The number of aromatic nitrogens is 2. The normalized spacial score (nSPS) is 11.5. The van der Waals surface area contributed by atoms with Gasteiger partial charge in [-0.25, -0.2) is 0 Å². The predicted molar refractivity (Wildman–Crippen MR) is 39.9 cm³/mol. The van der Waals surface area contributed by atoms with E-state index in [-0.39, 0.29) is 0 Å². The fraction of sp³-hybridized carbons (Fsp3) is 0.143. The zero-order valence-corrected chi connectivity index (χ0v) is 5.78. The van der Waals surface area contributed by atoms with E-state index in [4.69, 9.17) is 5.73 Å². The molecular weight excluding hydrogens is 126 g/mol. The SMILES string of the molecule is CC=C(N)c1cccnn1. The number of allylic oxidation sites excluding steroid dienone is 1. The molecule has 0 aromatic carbocycles. The lowest BCUT2D eigenvalue weighted by atomic mass is 10.3. The molecule has 0 aliphatic heterocycles. The van der Waals surface area contributed by atoms with Crippen LogP contribution in [0.2, 0.25) is 0 Å². The number of nitrogens with zero attached hydrogens (tertiary/aromatic N) is 2. The Balaban J connectivity index is 2.96. The number of rotatable bonds is 1. The molecular formula is C7H9N3. The summed E-state index contributed by atoms with van der Waals surface area (Å²) in [6, 6.07) is 3.63. The third-order valence-electron chi connectivity index (χ3n) is 1.18. The molecule has 0 amide bonds. The van der Waals surface area contributed by atoms with Crippen molar-refractivity contribution in [3.05, 3.63) is 30.1 Å². The van der Waals surface area contributed by atoms with Crippen LogP contribution in [-0.2, 0) is 0 Å². The predicted octanol–water partition coefficient (Wildman–Crippen LogP) is 0.796. The Kier molecular flexibility index (Phi) is 1.99. The molecule has 52 valence electrons. The quantitative estimate of drug-likeness (QED) is 0.619. The second-order valence-electron chi connectivity index (χ2n) is 1.85. The first kappa shape index (κ1) is 6.74. The minimum absolute atomic E-state index is 0.660. The van der Waals surface area contributed by atoms with Crippen LogP contribution in [0.5, 0.6) is 0 Å². The van der Waals surface area contributed by atoms with Gasteiger partial charge in [0.05, 0.1) is 5.70 Å². The molecule has 3 heteroatoms. The van der Waals surface area contributed by atoms with Crippen molar-refractivity contribution in [2.24, 2.45) is 5.73 Å². The maximum atomic E-state index is 5.55. The lowest BCUT2D eigenvalue weighted by Gasteiger charge is -1.94. The third-order valence-corrected chi connectivity index (χ3v) is 1.18. The molecule has 0 unspecified atom stereocenters. The van der Waals surface area contributed by atoms with Crippen molar-refractivity contribution >= 4 is 5.70 Å². The molecule has 1 aromatic heterocycles. The first-order chi connectivity index (χ1) is 4.84. The Hall–Kier alpha value is -1.38. The van der Waals surface area contributed by atoms with Crippen molar-refractivity contribution in [3.8, 4) is 0 Å². The summed E-state index contributed by atoms with van der Waals surface area (Å²) in [6.45, 7) is 1.87. The highest BCUT2D eigenvalue weighted by Gasteiger charge is 1.92. The maximum absolute atomic E-state index is 5.55. The van der Waals surface area contributed by atoms with Crippen molar-refractivity contribution in [1.82, 2.24) is 10.2 Å². The van der Waals surface area contributed by atoms with Gasteiger partial charge >= 0.3 is 0 Å². The summed E-state index contributed by atoms with van der Waals surface area (Å²) in [5.74, 6) is 0. The fourth-order valence-corrected chi connectivity index (χ4v) is 0.603. The van der Waals surface area contributed by atoms with Crippen LogP contribution in [0.1, 0.15) is 12.6 Å². The van der Waals surface area contributed by atoms with Crippen molar-refractivity contribution in [2.75, 3.05) is 0 Å². The lowest BCUT2D eigenvalue weighted by molar-refractivity contribution is 1.01. The number of hydrogen-bond donors (Lipinski definition) is 1. The molecule has 3 nitrogen and oxygen atoms in total. The van der Waals surface area contributed by atoms with Crippen LogP contribution >= 0.6 is 0 Å². The van der Waals surface area contributed by atoms with Gasteiger partial charge in [-0.15, -0.1) is 5.10 Å². The molecule has 0 spiro atoms. The van der Waals surface area contributed by atoms with E-state index >= 15 is 0 Å². The minimum Gasteiger partial charge on any atom is -0.397 e. The van der Waals surface area contributed by atoms with Crippen LogP contribution in [0, 0.1) is 0 Å². The Bertz CT molecular complexity index is 228. The van der Waals surface area contributed by atoms with Gasteiger partial charge in [0.15, 0.2) is 0 Å². The van der Waals surface area contributed by atoms with Crippen LogP contribution in [0.3, 0.4) is 0 Å². The van der Waals surface area contributed by atoms with E-state index in [0.29, 0.717) is 5.70 Å². The summed E-state index contributed by atoms with van der Waals surface area (Å²) in [4.78, 5) is 0. The van der Waals surface area contributed by atoms with E-state index < -0.39 is 0 Å². The van der Waals surface area contributed by atoms with Gasteiger partial charge in [0, 0.05) is 6.20 Å². The molecule has 0 aliphatic rings. The number of nitrogens with two attached hydrogens (primary N) is 1. The average Bonchev–Trinajstić information content (AvgIpc) is 2.05. The van der Waals surface area contributed by atoms with Gasteiger partial charge in [-0.1, -0.05) is 6.08 Å². The molecule has 1 aromatic rings. The van der Waals surface area contributed by atoms with E-state index in [1.807, 2.05) is 13.0 Å². The second kappa shape index (κ2) is 2.96. The zero-order chi connectivity index (χ0) is 7.40. The highest BCUT2D eigenvalue weighted by molar-refractivity contribution is 5.57. The zero-order valence-electron chi connectivity index (χ0n) is 5.78. The summed E-state index contributed by atoms with van der Waals surface area (Å²) >= 11 is 0. The second-order valence-corrected chi connectivity index (χ2v) is 1.85. The molecule has 0 atom stereocenters. The summed E-state index contributed by atoms with van der Waals surface area (Å²) < 4.78 is 0. The van der Waals surface area contributed by atoms with Crippen molar-refractivity contribution in [1.29, 1.82) is 0 Å². The van der Waals surface area contributed by atoms with E-state index in [9.17, 15) is 0 Å². The standard InChI is InChI=1S/C7H9N3/c1-2-6(8)7-4-3-5-9-10-7/h2-5H,8H2,1H3. The maximum Gasteiger partial charge on any atom is 0.108 e. The lowest BCUT2D eigenvalue weighted by Crippen LogP contribution is -1.98. The van der Waals surface area contributed by atoms with Gasteiger partial charge < -0.3 is 5.73 Å². The molecule has 1 heterocycles. The molecule has 0 saturated carbocycles. The van der Waals surface area contributed by atoms with E-state index in [1.165, 1.54) is 0 Å². The summed E-state index contributed by atoms with van der Waals surface area (Å²) in [5, 5.41) is 7.49. The summed E-state index contributed by atoms with van der Waals surface area (Å²) in [5.41, 5.74) is 6.94. The van der Waals surface area contributed by atoms with Gasteiger partial charge in [-0.2, -0.15) is 5.10 Å². The van der Waals surface area contributed by atoms with E-state index in [2.05, 4.69) is 10.2 Å². The molecule has 1 rings (SSSR count). The first-order valence-electron chi connectivity index (χ1n) is 3.04. The minimum atomic E-state index is 0.660. The fourth-order valence-electron chi connectivity index (χ4n) is 0.603. The van der Waals surface area contributed by atoms with E-state index in [0.717, 1.165) is 5.69 Å². The van der Waals surface area contributed by atoms with Crippen LogP contribution in [-0.4, -0.2) is 10.2 Å². The average molecular weight is 135 g/mol. The molecule has 2 N–H and O–H groups in total. The molecule has 0 aliphatic carbocycles. The largest absolute Gasteiger partial charge is 0.397 e. The summed E-state index contributed by atoms with van der Waals surface area (Å²) in [7, 11) is 0. The van der Waals surface area contributed by atoms with Crippen molar-refractivity contribution in [3.63, 3.8) is 0 Å². The Morgan fingerprint density at radius 1 is 1.70 bits per heavy atom. The van der Waals surface area contributed by atoms with Gasteiger partial charge in [-0.05, 0) is 19.1 Å².